The maximum Gasteiger partial charge on any atom is 0.307 e. The van der Waals surface area contributed by atoms with Crippen LogP contribution in [0.4, 0.5) is 0 Å². The number of piperazine rings is 1. The van der Waals surface area contributed by atoms with E-state index < -0.39 is 23.8 Å². The van der Waals surface area contributed by atoms with Gasteiger partial charge in [0.25, 0.3) is 0 Å². The second-order valence-electron chi connectivity index (χ2n) is 5.88. The van der Waals surface area contributed by atoms with Gasteiger partial charge in [0.05, 0.1) is 11.8 Å². The van der Waals surface area contributed by atoms with Crippen molar-refractivity contribution >= 4 is 29.4 Å². The topological polar surface area (TPSA) is 86.7 Å². The quantitative estimate of drug-likeness (QED) is 0.874. The first-order chi connectivity index (χ1) is 11.0. The predicted molar refractivity (Wildman–Crippen MR) is 82.8 cm³/mol. The Hall–Kier alpha value is -2.08. The minimum atomic E-state index is -0.953. The minimum Gasteiger partial charge on any atom is -0.481 e. The van der Waals surface area contributed by atoms with Crippen LogP contribution in [0.25, 0.3) is 0 Å². The zero-order valence-electron chi connectivity index (χ0n) is 12.4. The number of hydrogen-bond donors (Lipinski definition) is 2. The highest BCUT2D eigenvalue weighted by molar-refractivity contribution is 6.31. The Kier molecular flexibility index (Phi) is 4.26. The largest absolute Gasteiger partial charge is 0.481 e. The summed E-state index contributed by atoms with van der Waals surface area (Å²) in [6.07, 6.45) is 1.05. The van der Waals surface area contributed by atoms with Crippen LogP contribution in [0.2, 0.25) is 5.02 Å². The second kappa shape index (κ2) is 6.20. The van der Waals surface area contributed by atoms with Gasteiger partial charge in [0.15, 0.2) is 0 Å². The van der Waals surface area contributed by atoms with Crippen LogP contribution in [-0.2, 0) is 14.4 Å². The molecule has 2 fully saturated rings. The van der Waals surface area contributed by atoms with Gasteiger partial charge < -0.3 is 15.3 Å². The molecule has 3 atom stereocenters. The lowest BCUT2D eigenvalue weighted by molar-refractivity contribution is -0.159. The van der Waals surface area contributed by atoms with E-state index in [1.165, 1.54) is 4.90 Å². The third kappa shape index (κ3) is 2.79. The number of carbonyl (C=O) groups is 3. The highest BCUT2D eigenvalue weighted by Gasteiger charge is 2.46. The van der Waals surface area contributed by atoms with Crippen molar-refractivity contribution in [3.8, 4) is 0 Å². The SMILES string of the molecule is O=C(O)C1CCC1C(=O)N1CCNC(=O)C1c1ccccc1Cl. The zero-order valence-corrected chi connectivity index (χ0v) is 13.1. The van der Waals surface area contributed by atoms with E-state index in [1.807, 2.05) is 0 Å². The number of carboxylic acids is 1. The molecule has 3 unspecified atom stereocenters. The van der Waals surface area contributed by atoms with Gasteiger partial charge in [0.1, 0.15) is 6.04 Å². The first-order valence-corrected chi connectivity index (χ1v) is 7.94. The van der Waals surface area contributed by atoms with Crippen molar-refractivity contribution in [2.45, 2.75) is 18.9 Å². The van der Waals surface area contributed by atoms with Gasteiger partial charge in [0, 0.05) is 23.7 Å². The highest BCUT2D eigenvalue weighted by atomic mass is 35.5. The number of hydrogen-bond acceptors (Lipinski definition) is 3. The summed E-state index contributed by atoms with van der Waals surface area (Å²) in [5.41, 5.74) is 0.561. The van der Waals surface area contributed by atoms with Gasteiger partial charge in [-0.05, 0) is 18.9 Å². The van der Waals surface area contributed by atoms with E-state index in [0.29, 0.717) is 36.5 Å². The standard InChI is InChI=1S/C16H17ClN2O4/c17-12-4-2-1-3-11(12)13-14(20)18-7-8-19(13)15(21)9-5-6-10(9)16(22)23/h1-4,9-10,13H,5-8H2,(H,18,20)(H,22,23). The fourth-order valence-corrected chi connectivity index (χ4v) is 3.45. The number of aliphatic carboxylic acids is 1. The molecule has 1 aliphatic heterocycles. The van der Waals surface area contributed by atoms with Crippen LogP contribution < -0.4 is 5.32 Å². The molecule has 1 saturated carbocycles. The van der Waals surface area contributed by atoms with E-state index in [-0.39, 0.29) is 11.8 Å². The molecule has 1 saturated heterocycles. The van der Waals surface area contributed by atoms with E-state index in [1.54, 1.807) is 24.3 Å². The lowest BCUT2D eigenvalue weighted by Crippen LogP contribution is -2.56. The fourth-order valence-electron chi connectivity index (χ4n) is 3.21. The number of amides is 2. The Labute approximate surface area is 138 Å². The molecule has 23 heavy (non-hydrogen) atoms. The average Bonchev–Trinajstić information content (AvgIpc) is 2.46. The molecular weight excluding hydrogens is 320 g/mol. The Morgan fingerprint density at radius 3 is 2.52 bits per heavy atom. The Balaban J connectivity index is 1.90. The molecule has 7 heteroatoms. The number of rotatable bonds is 3. The molecule has 6 nitrogen and oxygen atoms in total. The lowest BCUT2D eigenvalue weighted by Gasteiger charge is -2.41. The molecule has 0 spiro atoms. The monoisotopic (exact) mass is 336 g/mol. The van der Waals surface area contributed by atoms with E-state index in [0.717, 1.165) is 0 Å². The first kappa shape index (κ1) is 15.8. The Bertz CT molecular complexity index is 663. The van der Waals surface area contributed by atoms with Crippen LogP contribution in [0.3, 0.4) is 0 Å². The average molecular weight is 337 g/mol. The number of halogens is 1. The highest BCUT2D eigenvalue weighted by Crippen LogP contribution is 2.39. The molecule has 0 bridgehead atoms. The van der Waals surface area contributed by atoms with Crippen molar-refractivity contribution in [2.24, 2.45) is 11.8 Å². The van der Waals surface area contributed by atoms with E-state index in [4.69, 9.17) is 16.7 Å². The number of benzene rings is 1. The molecular formula is C16H17ClN2O4. The third-order valence-electron chi connectivity index (χ3n) is 4.60. The van der Waals surface area contributed by atoms with Crippen molar-refractivity contribution in [3.63, 3.8) is 0 Å². The second-order valence-corrected chi connectivity index (χ2v) is 6.28. The van der Waals surface area contributed by atoms with Crippen LogP contribution in [0.1, 0.15) is 24.4 Å². The molecule has 1 aromatic carbocycles. The molecule has 0 radical (unpaired) electrons. The van der Waals surface area contributed by atoms with Crippen molar-refractivity contribution in [3.05, 3.63) is 34.9 Å². The molecule has 1 aromatic rings. The molecule has 0 aromatic heterocycles. The van der Waals surface area contributed by atoms with Gasteiger partial charge >= 0.3 is 5.97 Å². The van der Waals surface area contributed by atoms with Crippen LogP contribution in [0, 0.1) is 11.8 Å². The van der Waals surface area contributed by atoms with Crippen molar-refractivity contribution < 1.29 is 19.5 Å². The molecule has 1 heterocycles. The minimum absolute atomic E-state index is 0.275. The summed E-state index contributed by atoms with van der Waals surface area (Å²) in [6.45, 7) is 0.708. The molecule has 2 N–H and O–H groups in total. The Morgan fingerprint density at radius 1 is 1.22 bits per heavy atom. The summed E-state index contributed by atoms with van der Waals surface area (Å²) < 4.78 is 0. The molecule has 1 aliphatic carbocycles. The summed E-state index contributed by atoms with van der Waals surface area (Å²) in [6, 6.07) is 6.10. The van der Waals surface area contributed by atoms with Gasteiger partial charge in [-0.3, -0.25) is 14.4 Å². The molecule has 2 aliphatic rings. The van der Waals surface area contributed by atoms with Crippen LogP contribution in [-0.4, -0.2) is 40.9 Å². The van der Waals surface area contributed by atoms with Crippen LogP contribution >= 0.6 is 11.6 Å². The number of carboxylic acid groups (broad SMARTS) is 1. The number of carbonyl (C=O) groups excluding carboxylic acids is 2. The summed E-state index contributed by atoms with van der Waals surface area (Å²) in [5, 5.41) is 12.3. The summed E-state index contributed by atoms with van der Waals surface area (Å²) >= 11 is 6.19. The fraction of sp³-hybridized carbons (Fsp3) is 0.438. The predicted octanol–water partition coefficient (Wildman–Crippen LogP) is 1.45. The number of nitrogens with one attached hydrogen (secondary N) is 1. The van der Waals surface area contributed by atoms with E-state index >= 15 is 0 Å². The Morgan fingerprint density at radius 2 is 1.91 bits per heavy atom. The maximum absolute atomic E-state index is 12.8. The van der Waals surface area contributed by atoms with Gasteiger partial charge in [-0.2, -0.15) is 0 Å². The normalized spacial score (nSPS) is 27.1. The summed E-state index contributed by atoms with van der Waals surface area (Å²) in [7, 11) is 0. The molecule has 2 amide bonds. The molecule has 122 valence electrons. The molecule has 3 rings (SSSR count). The van der Waals surface area contributed by atoms with Crippen LogP contribution in [0.15, 0.2) is 24.3 Å². The number of nitrogens with zero attached hydrogens (tertiary/aromatic N) is 1. The van der Waals surface area contributed by atoms with Crippen molar-refractivity contribution in [1.82, 2.24) is 10.2 Å². The lowest BCUT2D eigenvalue weighted by atomic mass is 9.72. The smallest absolute Gasteiger partial charge is 0.307 e. The maximum atomic E-state index is 12.8. The third-order valence-corrected chi connectivity index (χ3v) is 4.95. The summed E-state index contributed by atoms with van der Waals surface area (Å²) in [5.74, 6) is -2.72. The van der Waals surface area contributed by atoms with Crippen molar-refractivity contribution in [2.75, 3.05) is 13.1 Å². The summed E-state index contributed by atoms with van der Waals surface area (Å²) in [4.78, 5) is 37.8. The van der Waals surface area contributed by atoms with E-state index in [9.17, 15) is 14.4 Å². The van der Waals surface area contributed by atoms with Gasteiger partial charge in [-0.25, -0.2) is 0 Å². The van der Waals surface area contributed by atoms with Gasteiger partial charge in [-0.15, -0.1) is 0 Å². The van der Waals surface area contributed by atoms with Gasteiger partial charge in [0.2, 0.25) is 11.8 Å². The van der Waals surface area contributed by atoms with E-state index in [2.05, 4.69) is 5.32 Å². The van der Waals surface area contributed by atoms with Crippen LogP contribution in [0.5, 0.6) is 0 Å². The van der Waals surface area contributed by atoms with Crippen molar-refractivity contribution in [1.29, 1.82) is 0 Å². The first-order valence-electron chi connectivity index (χ1n) is 7.56. The van der Waals surface area contributed by atoms with Gasteiger partial charge in [-0.1, -0.05) is 29.8 Å². The zero-order chi connectivity index (χ0) is 16.6.